The quantitative estimate of drug-likeness (QED) is 0.717. The fourth-order valence-electron chi connectivity index (χ4n) is 4.79. The zero-order valence-corrected chi connectivity index (χ0v) is 14.7. The number of nitrogens with one attached hydrogen (secondary N) is 1. The number of anilines is 1. The number of hydrogen-bond donors (Lipinski definition) is 2. The van der Waals surface area contributed by atoms with Crippen molar-refractivity contribution in [2.24, 2.45) is 17.1 Å². The molecule has 0 bridgehead atoms. The highest BCUT2D eigenvalue weighted by molar-refractivity contribution is 6.09. The molecule has 2 atom stereocenters. The van der Waals surface area contributed by atoms with Crippen LogP contribution in [0.2, 0.25) is 0 Å². The molecule has 1 aromatic carbocycles. The summed E-state index contributed by atoms with van der Waals surface area (Å²) in [6.07, 6.45) is 1.87. The van der Waals surface area contributed by atoms with Gasteiger partial charge < -0.3 is 16.0 Å². The first kappa shape index (κ1) is 16.8. The van der Waals surface area contributed by atoms with Crippen LogP contribution in [0.4, 0.5) is 5.69 Å². The smallest absolute Gasteiger partial charge is 0.238 e. The summed E-state index contributed by atoms with van der Waals surface area (Å²) in [6.45, 7) is 1.02. The molecule has 4 rings (SSSR count). The molecule has 7 nitrogen and oxygen atoms in total. The summed E-state index contributed by atoms with van der Waals surface area (Å²) in [5, 5.41) is 32.8. The van der Waals surface area contributed by atoms with Crippen molar-refractivity contribution in [3.8, 4) is 18.2 Å². The van der Waals surface area contributed by atoms with Crippen LogP contribution in [0.25, 0.3) is 0 Å². The van der Waals surface area contributed by atoms with Gasteiger partial charge >= 0.3 is 0 Å². The van der Waals surface area contributed by atoms with Gasteiger partial charge in [0, 0.05) is 24.7 Å². The first-order chi connectivity index (χ1) is 13.0. The zero-order chi connectivity index (χ0) is 19.4. The Bertz CT molecular complexity index is 1050. The summed E-state index contributed by atoms with van der Waals surface area (Å²) in [5.41, 5.74) is 4.56. The fourth-order valence-corrected chi connectivity index (χ4v) is 4.79. The molecule has 0 aromatic heterocycles. The minimum absolute atomic E-state index is 0.138. The molecule has 1 aromatic rings. The second kappa shape index (κ2) is 5.45. The molecule has 1 aliphatic carbocycles. The average molecular weight is 356 g/mol. The van der Waals surface area contributed by atoms with Gasteiger partial charge in [0.25, 0.3) is 0 Å². The van der Waals surface area contributed by atoms with E-state index >= 15 is 0 Å². The Morgan fingerprint density at radius 2 is 1.96 bits per heavy atom. The van der Waals surface area contributed by atoms with Crippen molar-refractivity contribution in [2.75, 3.05) is 25.5 Å². The van der Waals surface area contributed by atoms with Crippen LogP contribution in [0.5, 0.6) is 0 Å². The molecular formula is C20H16N6O. The Balaban J connectivity index is 2.20. The summed E-state index contributed by atoms with van der Waals surface area (Å²) in [5.74, 6) is -0.973. The van der Waals surface area contributed by atoms with Crippen LogP contribution < -0.4 is 11.1 Å². The Kier molecular flexibility index (Phi) is 3.40. The van der Waals surface area contributed by atoms with Crippen molar-refractivity contribution in [3.63, 3.8) is 0 Å². The monoisotopic (exact) mass is 356 g/mol. The second-order valence-electron chi connectivity index (χ2n) is 7.12. The third-order valence-corrected chi connectivity index (χ3v) is 5.97. The highest BCUT2D eigenvalue weighted by Crippen LogP contribution is 2.61. The third kappa shape index (κ3) is 1.73. The Hall–Kier alpha value is -3.60. The fraction of sp³-hybridized carbons (Fsp3) is 0.300. The number of para-hydroxylation sites is 1. The van der Waals surface area contributed by atoms with E-state index in [-0.39, 0.29) is 11.3 Å². The van der Waals surface area contributed by atoms with Gasteiger partial charge in [-0.1, -0.05) is 24.3 Å². The Morgan fingerprint density at radius 1 is 1.26 bits per heavy atom. The molecular weight excluding hydrogens is 340 g/mol. The van der Waals surface area contributed by atoms with Gasteiger partial charge in [0.2, 0.25) is 11.3 Å². The van der Waals surface area contributed by atoms with E-state index in [1.807, 2.05) is 30.2 Å². The lowest BCUT2D eigenvalue weighted by molar-refractivity contribution is -0.125. The van der Waals surface area contributed by atoms with Crippen LogP contribution in [0.1, 0.15) is 5.56 Å². The molecule has 27 heavy (non-hydrogen) atoms. The van der Waals surface area contributed by atoms with E-state index < -0.39 is 22.7 Å². The van der Waals surface area contributed by atoms with E-state index in [0.29, 0.717) is 29.9 Å². The van der Waals surface area contributed by atoms with Crippen molar-refractivity contribution in [2.45, 2.75) is 5.41 Å². The Morgan fingerprint density at radius 3 is 2.63 bits per heavy atom. The molecule has 1 spiro atoms. The number of amides is 1. The molecule has 0 saturated carbocycles. The standard InChI is InChI=1S/C20H16N6O/c1-26-7-6-12-13(8-21)17(24)19(10-22,11-23)20(15(12)9-26)14-4-2-3-5-16(14)25-18(20)27/h2-6,15H,7,9,24H2,1H3,(H,25,27)/t15-,20+/m1/s1. The highest BCUT2D eigenvalue weighted by atomic mass is 16.2. The van der Waals surface area contributed by atoms with Crippen LogP contribution in [-0.4, -0.2) is 30.9 Å². The number of benzene rings is 1. The normalized spacial score (nSPS) is 28.3. The van der Waals surface area contributed by atoms with Gasteiger partial charge in [-0.15, -0.1) is 0 Å². The predicted octanol–water partition coefficient (Wildman–Crippen LogP) is 1.15. The number of allylic oxidation sites excluding steroid dienone is 2. The highest BCUT2D eigenvalue weighted by Gasteiger charge is 2.71. The molecule has 1 amide bonds. The average Bonchev–Trinajstić information content (AvgIpc) is 2.97. The lowest BCUT2D eigenvalue weighted by Crippen LogP contribution is -2.62. The van der Waals surface area contributed by atoms with E-state index in [9.17, 15) is 20.6 Å². The number of fused-ring (bicyclic) bond motifs is 4. The van der Waals surface area contributed by atoms with Crippen LogP contribution in [0, 0.1) is 45.3 Å². The second-order valence-corrected chi connectivity index (χ2v) is 7.12. The number of carbonyl (C=O) groups is 1. The van der Waals surface area contributed by atoms with Crippen LogP contribution >= 0.6 is 0 Å². The lowest BCUT2D eigenvalue weighted by Gasteiger charge is -2.50. The van der Waals surface area contributed by atoms with Crippen molar-refractivity contribution >= 4 is 11.6 Å². The van der Waals surface area contributed by atoms with Crippen molar-refractivity contribution < 1.29 is 4.79 Å². The van der Waals surface area contributed by atoms with E-state index in [1.54, 1.807) is 24.3 Å². The first-order valence-corrected chi connectivity index (χ1v) is 8.50. The summed E-state index contributed by atoms with van der Waals surface area (Å²) in [6, 6.07) is 13.2. The zero-order valence-electron chi connectivity index (χ0n) is 14.7. The van der Waals surface area contributed by atoms with E-state index in [4.69, 9.17) is 5.73 Å². The largest absolute Gasteiger partial charge is 0.399 e. The number of likely N-dealkylation sites (N-methyl/N-ethyl adjacent to an activating group) is 1. The van der Waals surface area contributed by atoms with Crippen LogP contribution in [0.3, 0.4) is 0 Å². The molecule has 2 aliphatic heterocycles. The summed E-state index contributed by atoms with van der Waals surface area (Å²) in [4.78, 5) is 15.4. The van der Waals surface area contributed by atoms with Crippen LogP contribution in [-0.2, 0) is 10.2 Å². The SMILES string of the molecule is CN1CC=C2C(C#N)=C(N)C(C#N)(C#N)[C@]3(C(=O)Nc4ccccc43)[C@@H]2C1. The van der Waals surface area contributed by atoms with Gasteiger partial charge in [0.1, 0.15) is 11.5 Å². The maximum atomic E-state index is 13.4. The molecule has 3 aliphatic rings. The number of hydrogen-bond acceptors (Lipinski definition) is 6. The van der Waals surface area contributed by atoms with Crippen molar-refractivity contribution in [1.82, 2.24) is 4.90 Å². The molecule has 0 fully saturated rings. The number of carbonyl (C=O) groups excluding carboxylic acids is 1. The van der Waals surface area contributed by atoms with Gasteiger partial charge in [-0.2, -0.15) is 15.8 Å². The number of nitrogens with two attached hydrogens (primary N) is 1. The van der Waals surface area contributed by atoms with E-state index in [0.717, 1.165) is 0 Å². The number of nitrogens with zero attached hydrogens (tertiary/aromatic N) is 4. The minimum atomic E-state index is -1.98. The molecule has 0 radical (unpaired) electrons. The van der Waals surface area contributed by atoms with E-state index in [1.165, 1.54) is 0 Å². The van der Waals surface area contributed by atoms with Crippen molar-refractivity contribution in [3.05, 3.63) is 52.7 Å². The minimum Gasteiger partial charge on any atom is -0.399 e. The lowest BCUT2D eigenvalue weighted by atomic mass is 9.48. The maximum absolute atomic E-state index is 13.4. The maximum Gasteiger partial charge on any atom is 0.238 e. The molecule has 0 unspecified atom stereocenters. The molecule has 3 N–H and O–H groups in total. The summed E-state index contributed by atoms with van der Waals surface area (Å²) < 4.78 is 0. The molecule has 132 valence electrons. The van der Waals surface area contributed by atoms with Gasteiger partial charge in [0.05, 0.1) is 23.4 Å². The molecule has 2 heterocycles. The van der Waals surface area contributed by atoms with Crippen LogP contribution in [0.15, 0.2) is 47.2 Å². The third-order valence-electron chi connectivity index (χ3n) is 5.97. The molecule has 7 heteroatoms. The summed E-state index contributed by atoms with van der Waals surface area (Å²) in [7, 11) is 1.90. The van der Waals surface area contributed by atoms with Gasteiger partial charge in [-0.3, -0.25) is 4.79 Å². The van der Waals surface area contributed by atoms with Gasteiger partial charge in [-0.05, 0) is 24.3 Å². The van der Waals surface area contributed by atoms with E-state index in [2.05, 4.69) is 11.4 Å². The van der Waals surface area contributed by atoms with Gasteiger partial charge in [0.15, 0.2) is 0 Å². The number of nitriles is 3. The predicted molar refractivity (Wildman–Crippen MR) is 96.3 cm³/mol. The first-order valence-electron chi connectivity index (χ1n) is 8.50. The van der Waals surface area contributed by atoms with Gasteiger partial charge in [-0.25, -0.2) is 0 Å². The number of rotatable bonds is 0. The van der Waals surface area contributed by atoms with Crippen molar-refractivity contribution in [1.29, 1.82) is 15.8 Å². The Labute approximate surface area is 156 Å². The molecule has 0 saturated heterocycles. The summed E-state index contributed by atoms with van der Waals surface area (Å²) >= 11 is 0. The topological polar surface area (TPSA) is 130 Å².